The smallest absolute Gasteiger partial charge is 0.307 e. The summed E-state index contributed by atoms with van der Waals surface area (Å²) in [4.78, 5) is 11.2. The van der Waals surface area contributed by atoms with Crippen LogP contribution in [0.5, 0.6) is 0 Å². The molecule has 1 atom stereocenters. The van der Waals surface area contributed by atoms with Gasteiger partial charge in [-0.3, -0.25) is 4.79 Å². The summed E-state index contributed by atoms with van der Waals surface area (Å²) in [6.07, 6.45) is 0.497. The van der Waals surface area contributed by atoms with Crippen molar-refractivity contribution < 1.29 is 13.9 Å². The lowest BCUT2D eigenvalue weighted by molar-refractivity contribution is -0.143. The molecule has 90 valence electrons. The number of benzene rings is 1. The fourth-order valence-electron chi connectivity index (χ4n) is 1.49. The first-order valence-corrected chi connectivity index (χ1v) is 5.45. The van der Waals surface area contributed by atoms with Gasteiger partial charge in [0, 0.05) is 0 Å². The Kier molecular flexibility index (Phi) is 5.15. The van der Waals surface area contributed by atoms with Gasteiger partial charge in [0.25, 0.3) is 0 Å². The van der Waals surface area contributed by atoms with Gasteiger partial charge in [-0.05, 0) is 31.0 Å². The number of rotatable bonds is 5. The average Bonchev–Trinajstić information content (AvgIpc) is 2.31. The molecule has 0 saturated carbocycles. The second-order valence-electron chi connectivity index (χ2n) is 3.67. The number of halogens is 1. The van der Waals surface area contributed by atoms with Crippen LogP contribution < -0.4 is 0 Å². The highest BCUT2D eigenvalue weighted by molar-refractivity contribution is 5.70. The molecule has 0 bridgehead atoms. The van der Waals surface area contributed by atoms with Gasteiger partial charge in [0.05, 0.1) is 25.0 Å². The third-order valence-electron chi connectivity index (χ3n) is 2.30. The minimum atomic E-state index is -0.431. The second kappa shape index (κ2) is 6.64. The highest BCUT2D eigenvalue weighted by Crippen LogP contribution is 2.13. The van der Waals surface area contributed by atoms with Gasteiger partial charge in [-0.2, -0.15) is 5.26 Å². The Bertz CT molecular complexity index is 408. The van der Waals surface area contributed by atoms with E-state index in [2.05, 4.69) is 6.07 Å². The van der Waals surface area contributed by atoms with Crippen molar-refractivity contribution in [3.8, 4) is 6.07 Å². The Morgan fingerprint density at radius 1 is 1.47 bits per heavy atom. The Balaban J connectivity index is 2.55. The zero-order chi connectivity index (χ0) is 12.7. The molecule has 3 nitrogen and oxygen atoms in total. The minimum Gasteiger partial charge on any atom is -0.466 e. The number of carbonyl (C=O) groups excluding carboxylic acids is 1. The monoisotopic (exact) mass is 235 g/mol. The van der Waals surface area contributed by atoms with Gasteiger partial charge in [-0.1, -0.05) is 12.1 Å². The molecule has 0 amide bonds. The third-order valence-corrected chi connectivity index (χ3v) is 2.30. The van der Waals surface area contributed by atoms with Gasteiger partial charge in [0.1, 0.15) is 5.82 Å². The van der Waals surface area contributed by atoms with E-state index in [9.17, 15) is 9.18 Å². The van der Waals surface area contributed by atoms with Crippen molar-refractivity contribution in [2.45, 2.75) is 19.8 Å². The Morgan fingerprint density at radius 3 is 2.65 bits per heavy atom. The van der Waals surface area contributed by atoms with Crippen LogP contribution in [0.25, 0.3) is 0 Å². The standard InChI is InChI=1S/C13H14FNO2/c1-2-17-13(16)8-11(9-15)7-10-3-5-12(14)6-4-10/h3-6,11H,2,7-8H2,1H3. The molecule has 0 aromatic heterocycles. The van der Waals surface area contributed by atoms with Crippen LogP contribution in [0.4, 0.5) is 4.39 Å². The highest BCUT2D eigenvalue weighted by atomic mass is 19.1. The van der Waals surface area contributed by atoms with Gasteiger partial charge in [0.15, 0.2) is 0 Å². The summed E-state index contributed by atoms with van der Waals surface area (Å²) >= 11 is 0. The van der Waals surface area contributed by atoms with E-state index >= 15 is 0 Å². The predicted octanol–water partition coefficient (Wildman–Crippen LogP) is 2.46. The van der Waals surface area contributed by atoms with Crippen molar-refractivity contribution in [3.05, 3.63) is 35.6 Å². The quantitative estimate of drug-likeness (QED) is 0.736. The third kappa shape index (κ3) is 4.64. The van der Waals surface area contributed by atoms with E-state index in [1.807, 2.05) is 0 Å². The maximum absolute atomic E-state index is 12.7. The van der Waals surface area contributed by atoms with Crippen molar-refractivity contribution in [1.29, 1.82) is 5.26 Å². The number of nitrogens with zero attached hydrogens (tertiary/aromatic N) is 1. The van der Waals surface area contributed by atoms with E-state index < -0.39 is 5.92 Å². The molecular formula is C13H14FNO2. The first kappa shape index (κ1) is 13.2. The van der Waals surface area contributed by atoms with Crippen LogP contribution in [-0.2, 0) is 16.0 Å². The molecule has 4 heteroatoms. The summed E-state index contributed by atoms with van der Waals surface area (Å²) in [5, 5.41) is 8.93. The lowest BCUT2D eigenvalue weighted by atomic mass is 9.98. The second-order valence-corrected chi connectivity index (χ2v) is 3.67. The molecule has 1 aromatic rings. The van der Waals surface area contributed by atoms with Crippen molar-refractivity contribution in [1.82, 2.24) is 0 Å². The maximum Gasteiger partial charge on any atom is 0.307 e. The number of carbonyl (C=O) groups is 1. The Hall–Kier alpha value is -1.89. The molecule has 0 saturated heterocycles. The molecule has 1 rings (SSSR count). The minimum absolute atomic E-state index is 0.0711. The van der Waals surface area contributed by atoms with Crippen LogP contribution in [0.15, 0.2) is 24.3 Å². The summed E-state index contributed by atoms with van der Waals surface area (Å²) in [5.74, 6) is -1.12. The number of hydrogen-bond donors (Lipinski definition) is 0. The molecule has 17 heavy (non-hydrogen) atoms. The topological polar surface area (TPSA) is 50.1 Å². The van der Waals surface area contributed by atoms with Gasteiger partial charge < -0.3 is 4.74 Å². The van der Waals surface area contributed by atoms with Crippen molar-refractivity contribution in [2.75, 3.05) is 6.61 Å². The van der Waals surface area contributed by atoms with Crippen molar-refractivity contribution in [3.63, 3.8) is 0 Å². The van der Waals surface area contributed by atoms with Gasteiger partial charge in [-0.15, -0.1) is 0 Å². The van der Waals surface area contributed by atoms with Crippen LogP contribution in [0.3, 0.4) is 0 Å². The van der Waals surface area contributed by atoms with E-state index in [0.717, 1.165) is 5.56 Å². The van der Waals surface area contributed by atoms with Crippen LogP contribution in [0.2, 0.25) is 0 Å². The molecule has 0 aliphatic rings. The fraction of sp³-hybridized carbons (Fsp3) is 0.385. The maximum atomic E-state index is 12.7. The Labute approximate surface area is 99.8 Å². The molecule has 0 aliphatic carbocycles. The zero-order valence-electron chi connectivity index (χ0n) is 9.65. The summed E-state index contributed by atoms with van der Waals surface area (Å²) in [7, 11) is 0. The summed E-state index contributed by atoms with van der Waals surface area (Å²) in [5.41, 5.74) is 0.835. The predicted molar refractivity (Wildman–Crippen MR) is 60.5 cm³/mol. The zero-order valence-corrected chi connectivity index (χ0v) is 9.65. The first-order chi connectivity index (χ1) is 8.15. The first-order valence-electron chi connectivity index (χ1n) is 5.45. The molecule has 1 aromatic carbocycles. The summed E-state index contributed by atoms with van der Waals surface area (Å²) in [6, 6.07) is 7.97. The molecular weight excluding hydrogens is 221 g/mol. The SMILES string of the molecule is CCOC(=O)CC(C#N)Cc1ccc(F)cc1. The Morgan fingerprint density at radius 2 is 2.12 bits per heavy atom. The number of esters is 1. The lowest BCUT2D eigenvalue weighted by Crippen LogP contribution is -2.12. The van der Waals surface area contributed by atoms with E-state index in [0.29, 0.717) is 13.0 Å². The molecule has 0 N–H and O–H groups in total. The lowest BCUT2D eigenvalue weighted by Gasteiger charge is -2.08. The van der Waals surface area contributed by atoms with Crippen LogP contribution >= 0.6 is 0 Å². The normalized spacial score (nSPS) is 11.6. The van der Waals surface area contributed by atoms with E-state index in [1.165, 1.54) is 12.1 Å². The summed E-state index contributed by atoms with van der Waals surface area (Å²) in [6.45, 7) is 2.03. The van der Waals surface area contributed by atoms with E-state index in [4.69, 9.17) is 10.00 Å². The molecule has 0 fully saturated rings. The fourth-order valence-corrected chi connectivity index (χ4v) is 1.49. The molecule has 0 radical (unpaired) electrons. The van der Waals surface area contributed by atoms with Crippen LogP contribution in [0.1, 0.15) is 18.9 Å². The average molecular weight is 235 g/mol. The number of ether oxygens (including phenoxy) is 1. The number of hydrogen-bond acceptors (Lipinski definition) is 3. The van der Waals surface area contributed by atoms with Crippen molar-refractivity contribution >= 4 is 5.97 Å². The molecule has 1 unspecified atom stereocenters. The van der Waals surface area contributed by atoms with Crippen molar-refractivity contribution in [2.24, 2.45) is 5.92 Å². The van der Waals surface area contributed by atoms with Crippen LogP contribution in [0, 0.1) is 23.1 Å². The molecule has 0 heterocycles. The summed E-state index contributed by atoms with van der Waals surface area (Å²) < 4.78 is 17.5. The van der Waals surface area contributed by atoms with Gasteiger partial charge in [0.2, 0.25) is 0 Å². The van der Waals surface area contributed by atoms with Crippen LogP contribution in [-0.4, -0.2) is 12.6 Å². The largest absolute Gasteiger partial charge is 0.466 e. The van der Waals surface area contributed by atoms with Gasteiger partial charge >= 0.3 is 5.97 Å². The molecule has 0 aliphatic heterocycles. The van der Waals surface area contributed by atoms with E-state index in [1.54, 1.807) is 19.1 Å². The molecule has 0 spiro atoms. The number of nitriles is 1. The van der Waals surface area contributed by atoms with E-state index in [-0.39, 0.29) is 18.2 Å². The highest BCUT2D eigenvalue weighted by Gasteiger charge is 2.14. The van der Waals surface area contributed by atoms with Gasteiger partial charge in [-0.25, -0.2) is 4.39 Å².